The highest BCUT2D eigenvalue weighted by molar-refractivity contribution is 7.99. The van der Waals surface area contributed by atoms with Crippen molar-refractivity contribution in [3.8, 4) is 0 Å². The molecule has 0 fully saturated rings. The molecule has 0 saturated heterocycles. The van der Waals surface area contributed by atoms with Crippen LogP contribution in [-0.2, 0) is 6.42 Å². The molecule has 1 atom stereocenters. The van der Waals surface area contributed by atoms with E-state index in [4.69, 9.17) is 11.6 Å². The summed E-state index contributed by atoms with van der Waals surface area (Å²) in [5.74, 6) is 3.91. The lowest BCUT2D eigenvalue weighted by Gasteiger charge is -2.18. The van der Waals surface area contributed by atoms with Crippen molar-refractivity contribution in [3.63, 3.8) is 0 Å². The van der Waals surface area contributed by atoms with Crippen molar-refractivity contribution in [2.75, 3.05) is 24.6 Å². The second-order valence-corrected chi connectivity index (χ2v) is 7.56. The quantitative estimate of drug-likeness (QED) is 0.617. The summed E-state index contributed by atoms with van der Waals surface area (Å²) in [5.41, 5.74) is 1.40. The van der Waals surface area contributed by atoms with Gasteiger partial charge in [-0.25, -0.2) is 0 Å². The molecule has 1 aromatic rings. The van der Waals surface area contributed by atoms with E-state index in [1.807, 2.05) is 23.9 Å². The molecule has 0 amide bonds. The van der Waals surface area contributed by atoms with Crippen LogP contribution < -0.4 is 5.32 Å². The molecule has 20 heavy (non-hydrogen) atoms. The van der Waals surface area contributed by atoms with Crippen LogP contribution in [0.15, 0.2) is 24.3 Å². The van der Waals surface area contributed by atoms with E-state index in [-0.39, 0.29) is 0 Å². The minimum Gasteiger partial charge on any atom is -0.316 e. The van der Waals surface area contributed by atoms with Gasteiger partial charge in [0.1, 0.15) is 0 Å². The average molecular weight is 314 g/mol. The Balaban J connectivity index is 2.45. The van der Waals surface area contributed by atoms with Crippen molar-refractivity contribution in [1.29, 1.82) is 0 Å². The van der Waals surface area contributed by atoms with Crippen LogP contribution in [0.5, 0.6) is 0 Å². The lowest BCUT2D eigenvalue weighted by atomic mass is 9.96. The summed E-state index contributed by atoms with van der Waals surface area (Å²) in [6, 6.07) is 8.31. The van der Waals surface area contributed by atoms with Gasteiger partial charge in [0.25, 0.3) is 0 Å². The van der Waals surface area contributed by atoms with Crippen LogP contribution in [0.2, 0.25) is 5.02 Å². The van der Waals surface area contributed by atoms with E-state index in [2.05, 4.69) is 38.2 Å². The van der Waals surface area contributed by atoms with E-state index in [1.54, 1.807) is 0 Å². The molecule has 0 aliphatic rings. The van der Waals surface area contributed by atoms with Gasteiger partial charge in [-0.3, -0.25) is 0 Å². The molecule has 1 rings (SSSR count). The minimum atomic E-state index is 0.717. The first-order chi connectivity index (χ1) is 9.61. The molecule has 0 spiro atoms. The summed E-state index contributed by atoms with van der Waals surface area (Å²) in [6.07, 6.45) is 2.43. The Hall–Kier alpha value is -0.180. The number of halogens is 1. The van der Waals surface area contributed by atoms with E-state index >= 15 is 0 Å². The number of hydrogen-bond acceptors (Lipinski definition) is 2. The highest BCUT2D eigenvalue weighted by Gasteiger charge is 2.10. The Morgan fingerprint density at radius 3 is 2.45 bits per heavy atom. The second kappa shape index (κ2) is 10.5. The van der Waals surface area contributed by atoms with Crippen molar-refractivity contribution in [2.24, 2.45) is 11.8 Å². The van der Waals surface area contributed by atoms with E-state index in [1.165, 1.54) is 23.5 Å². The fourth-order valence-electron chi connectivity index (χ4n) is 2.20. The molecule has 0 heterocycles. The molecule has 0 aliphatic carbocycles. The summed E-state index contributed by atoms with van der Waals surface area (Å²) in [6.45, 7) is 8.97. The number of thioether (sulfide) groups is 1. The zero-order valence-electron chi connectivity index (χ0n) is 13.0. The SMILES string of the molecule is CCSCCC(CNCC(C)C)Cc1ccc(Cl)cc1. The number of rotatable bonds is 10. The Labute approximate surface area is 133 Å². The third kappa shape index (κ3) is 8.18. The van der Waals surface area contributed by atoms with Crippen molar-refractivity contribution in [1.82, 2.24) is 5.32 Å². The predicted molar refractivity (Wildman–Crippen MR) is 94.0 cm³/mol. The molecule has 0 saturated carbocycles. The Bertz CT molecular complexity index is 351. The highest BCUT2D eigenvalue weighted by atomic mass is 35.5. The molecule has 1 N–H and O–H groups in total. The Kier molecular flexibility index (Phi) is 9.41. The second-order valence-electron chi connectivity index (χ2n) is 5.73. The first-order valence-electron chi connectivity index (χ1n) is 7.64. The van der Waals surface area contributed by atoms with E-state index in [9.17, 15) is 0 Å². The largest absolute Gasteiger partial charge is 0.316 e. The topological polar surface area (TPSA) is 12.0 Å². The summed E-state index contributed by atoms with van der Waals surface area (Å²) in [5, 5.41) is 4.43. The normalized spacial score (nSPS) is 12.8. The number of nitrogens with one attached hydrogen (secondary N) is 1. The summed E-state index contributed by atoms with van der Waals surface area (Å²) in [4.78, 5) is 0. The molecule has 0 aromatic heterocycles. The van der Waals surface area contributed by atoms with Gasteiger partial charge in [-0.05, 0) is 67.0 Å². The van der Waals surface area contributed by atoms with Crippen LogP contribution in [0.4, 0.5) is 0 Å². The van der Waals surface area contributed by atoms with Crippen LogP contribution in [0.3, 0.4) is 0 Å². The molecular weight excluding hydrogens is 286 g/mol. The van der Waals surface area contributed by atoms with Crippen molar-refractivity contribution in [2.45, 2.75) is 33.6 Å². The maximum absolute atomic E-state index is 5.95. The monoisotopic (exact) mass is 313 g/mol. The third-order valence-corrected chi connectivity index (χ3v) is 4.48. The van der Waals surface area contributed by atoms with Gasteiger partial charge in [0.2, 0.25) is 0 Å². The van der Waals surface area contributed by atoms with Crippen LogP contribution in [0.25, 0.3) is 0 Å². The third-order valence-electron chi connectivity index (χ3n) is 3.30. The summed E-state index contributed by atoms with van der Waals surface area (Å²) in [7, 11) is 0. The fourth-order valence-corrected chi connectivity index (χ4v) is 3.12. The number of benzene rings is 1. The Morgan fingerprint density at radius 1 is 1.15 bits per heavy atom. The lowest BCUT2D eigenvalue weighted by Crippen LogP contribution is -2.28. The summed E-state index contributed by atoms with van der Waals surface area (Å²) >= 11 is 7.99. The molecule has 0 aliphatic heterocycles. The maximum atomic E-state index is 5.95. The molecule has 114 valence electrons. The van der Waals surface area contributed by atoms with E-state index in [0.717, 1.165) is 30.5 Å². The van der Waals surface area contributed by atoms with Crippen LogP contribution in [0.1, 0.15) is 32.8 Å². The fraction of sp³-hybridized carbons (Fsp3) is 0.647. The van der Waals surface area contributed by atoms with Gasteiger partial charge < -0.3 is 5.32 Å². The number of hydrogen-bond donors (Lipinski definition) is 1. The lowest BCUT2D eigenvalue weighted by molar-refractivity contribution is 0.440. The van der Waals surface area contributed by atoms with Crippen LogP contribution in [0, 0.1) is 11.8 Å². The minimum absolute atomic E-state index is 0.717. The van der Waals surface area contributed by atoms with Gasteiger partial charge in [0, 0.05) is 5.02 Å². The molecule has 1 unspecified atom stereocenters. The van der Waals surface area contributed by atoms with Gasteiger partial charge in [0.15, 0.2) is 0 Å². The maximum Gasteiger partial charge on any atom is 0.0406 e. The Morgan fingerprint density at radius 2 is 1.85 bits per heavy atom. The van der Waals surface area contributed by atoms with Gasteiger partial charge in [-0.15, -0.1) is 0 Å². The van der Waals surface area contributed by atoms with E-state index in [0.29, 0.717) is 5.92 Å². The molecule has 1 aromatic carbocycles. The average Bonchev–Trinajstić information content (AvgIpc) is 2.41. The molecule has 3 heteroatoms. The first kappa shape index (κ1) is 17.9. The predicted octanol–water partition coefficient (Wildman–Crippen LogP) is 4.89. The molecule has 0 radical (unpaired) electrons. The highest BCUT2D eigenvalue weighted by Crippen LogP contribution is 2.17. The van der Waals surface area contributed by atoms with Gasteiger partial charge in [-0.1, -0.05) is 44.5 Å². The molecular formula is C17H28ClNS. The molecule has 0 bridgehead atoms. The smallest absolute Gasteiger partial charge is 0.0406 e. The molecule has 1 nitrogen and oxygen atoms in total. The first-order valence-corrected chi connectivity index (χ1v) is 9.18. The van der Waals surface area contributed by atoms with Crippen molar-refractivity contribution < 1.29 is 0 Å². The van der Waals surface area contributed by atoms with Crippen LogP contribution >= 0.6 is 23.4 Å². The van der Waals surface area contributed by atoms with Gasteiger partial charge >= 0.3 is 0 Å². The van der Waals surface area contributed by atoms with E-state index < -0.39 is 0 Å². The standard InChI is InChI=1S/C17H28ClNS/c1-4-20-10-9-16(13-19-12-14(2)3)11-15-5-7-17(18)8-6-15/h5-8,14,16,19H,4,9-13H2,1-3H3. The summed E-state index contributed by atoms with van der Waals surface area (Å²) < 4.78 is 0. The van der Waals surface area contributed by atoms with Crippen molar-refractivity contribution >= 4 is 23.4 Å². The zero-order valence-corrected chi connectivity index (χ0v) is 14.6. The van der Waals surface area contributed by atoms with Crippen LogP contribution in [-0.4, -0.2) is 24.6 Å². The van der Waals surface area contributed by atoms with Gasteiger partial charge in [-0.2, -0.15) is 11.8 Å². The van der Waals surface area contributed by atoms with Gasteiger partial charge in [0.05, 0.1) is 0 Å². The van der Waals surface area contributed by atoms with Crippen molar-refractivity contribution in [3.05, 3.63) is 34.9 Å². The zero-order chi connectivity index (χ0) is 14.8.